The lowest BCUT2D eigenvalue weighted by atomic mass is 9.96. The lowest BCUT2D eigenvalue weighted by molar-refractivity contribution is 0.242. The van der Waals surface area contributed by atoms with Crippen molar-refractivity contribution in [2.75, 3.05) is 13.2 Å². The lowest BCUT2D eigenvalue weighted by Crippen LogP contribution is -2.14. The SMILES string of the molecule is CC1C=Cc2cc3c(cc2OC1)OCC(C(C)C)C=C3. The molecule has 3 rings (SSSR count). The molecule has 2 aliphatic heterocycles. The van der Waals surface area contributed by atoms with Gasteiger partial charge in [0.2, 0.25) is 0 Å². The highest BCUT2D eigenvalue weighted by Gasteiger charge is 2.18. The molecular formula is C18H22O2. The molecule has 0 aromatic heterocycles. The minimum atomic E-state index is 0.448. The molecule has 0 N–H and O–H groups in total. The molecule has 1 aromatic carbocycles. The third-order valence-electron chi connectivity index (χ3n) is 4.06. The van der Waals surface area contributed by atoms with Crippen molar-refractivity contribution in [2.45, 2.75) is 20.8 Å². The van der Waals surface area contributed by atoms with Gasteiger partial charge in [0.15, 0.2) is 0 Å². The molecular weight excluding hydrogens is 248 g/mol. The average molecular weight is 270 g/mol. The van der Waals surface area contributed by atoms with Gasteiger partial charge in [0.05, 0.1) is 13.2 Å². The first kappa shape index (κ1) is 13.3. The van der Waals surface area contributed by atoms with Crippen molar-refractivity contribution in [1.82, 2.24) is 0 Å². The van der Waals surface area contributed by atoms with Gasteiger partial charge in [-0.15, -0.1) is 0 Å². The van der Waals surface area contributed by atoms with Crippen LogP contribution >= 0.6 is 0 Å². The van der Waals surface area contributed by atoms with Crippen molar-refractivity contribution in [1.29, 1.82) is 0 Å². The Kier molecular flexibility index (Phi) is 3.56. The fourth-order valence-corrected chi connectivity index (χ4v) is 2.53. The van der Waals surface area contributed by atoms with Gasteiger partial charge in [0, 0.05) is 29.0 Å². The molecule has 0 bridgehead atoms. The average Bonchev–Trinajstić information content (AvgIpc) is 2.73. The first-order valence-electron chi connectivity index (χ1n) is 7.43. The first-order chi connectivity index (χ1) is 9.63. The molecule has 106 valence electrons. The summed E-state index contributed by atoms with van der Waals surface area (Å²) in [5, 5.41) is 0. The Bertz CT molecular complexity index is 555. The first-order valence-corrected chi connectivity index (χ1v) is 7.43. The van der Waals surface area contributed by atoms with Crippen LogP contribution in [0.1, 0.15) is 31.9 Å². The lowest BCUT2D eigenvalue weighted by Gasteiger charge is -2.16. The Morgan fingerprint density at radius 3 is 2.30 bits per heavy atom. The van der Waals surface area contributed by atoms with E-state index in [1.165, 1.54) is 0 Å². The molecule has 2 atom stereocenters. The monoisotopic (exact) mass is 270 g/mol. The number of benzene rings is 1. The second-order valence-corrected chi connectivity index (χ2v) is 6.15. The van der Waals surface area contributed by atoms with Gasteiger partial charge >= 0.3 is 0 Å². The van der Waals surface area contributed by atoms with E-state index in [0.717, 1.165) is 35.8 Å². The smallest absolute Gasteiger partial charge is 0.130 e. The van der Waals surface area contributed by atoms with Crippen LogP contribution in [-0.4, -0.2) is 13.2 Å². The van der Waals surface area contributed by atoms with Gasteiger partial charge < -0.3 is 9.47 Å². The number of hydrogen-bond acceptors (Lipinski definition) is 2. The summed E-state index contributed by atoms with van der Waals surface area (Å²) in [4.78, 5) is 0. The molecule has 0 saturated heterocycles. The van der Waals surface area contributed by atoms with Crippen molar-refractivity contribution in [3.05, 3.63) is 35.4 Å². The summed E-state index contributed by atoms with van der Waals surface area (Å²) in [7, 11) is 0. The maximum absolute atomic E-state index is 5.99. The van der Waals surface area contributed by atoms with Gasteiger partial charge in [-0.3, -0.25) is 0 Å². The van der Waals surface area contributed by atoms with Crippen LogP contribution in [0, 0.1) is 17.8 Å². The Labute approximate surface area is 121 Å². The van der Waals surface area contributed by atoms with Crippen molar-refractivity contribution >= 4 is 12.2 Å². The molecule has 2 heteroatoms. The van der Waals surface area contributed by atoms with Crippen LogP contribution in [0.3, 0.4) is 0 Å². The van der Waals surface area contributed by atoms with E-state index in [-0.39, 0.29) is 0 Å². The highest BCUT2D eigenvalue weighted by Crippen LogP contribution is 2.35. The fourth-order valence-electron chi connectivity index (χ4n) is 2.53. The van der Waals surface area contributed by atoms with E-state index in [2.05, 4.69) is 51.1 Å². The highest BCUT2D eigenvalue weighted by atomic mass is 16.5. The van der Waals surface area contributed by atoms with Crippen LogP contribution in [0.25, 0.3) is 12.2 Å². The second kappa shape index (κ2) is 5.35. The van der Waals surface area contributed by atoms with E-state index < -0.39 is 0 Å². The third-order valence-corrected chi connectivity index (χ3v) is 4.06. The summed E-state index contributed by atoms with van der Waals surface area (Å²) in [6.45, 7) is 8.10. The Morgan fingerprint density at radius 2 is 1.60 bits per heavy atom. The quantitative estimate of drug-likeness (QED) is 0.752. The molecule has 0 fully saturated rings. The summed E-state index contributed by atoms with van der Waals surface area (Å²) < 4.78 is 11.9. The standard InChI is InChI=1S/C18H22O2/c1-12(2)16-7-6-15-8-14-5-4-13(3)10-19-17(14)9-18(15)20-11-16/h4-9,12-13,16H,10-11H2,1-3H3. The molecule has 0 amide bonds. The Morgan fingerprint density at radius 1 is 0.950 bits per heavy atom. The molecule has 0 spiro atoms. The maximum Gasteiger partial charge on any atom is 0.130 e. The Hall–Kier alpha value is -1.70. The largest absolute Gasteiger partial charge is 0.492 e. The fraction of sp³-hybridized carbons (Fsp3) is 0.444. The predicted molar refractivity (Wildman–Crippen MR) is 83.0 cm³/mol. The highest BCUT2D eigenvalue weighted by molar-refractivity contribution is 5.69. The molecule has 0 aliphatic carbocycles. The van der Waals surface area contributed by atoms with E-state index in [9.17, 15) is 0 Å². The molecule has 0 radical (unpaired) electrons. The summed E-state index contributed by atoms with van der Waals surface area (Å²) in [6.07, 6.45) is 8.82. The van der Waals surface area contributed by atoms with E-state index in [1.54, 1.807) is 0 Å². The zero-order chi connectivity index (χ0) is 14.1. The van der Waals surface area contributed by atoms with Gasteiger partial charge in [-0.1, -0.05) is 45.1 Å². The topological polar surface area (TPSA) is 18.5 Å². The van der Waals surface area contributed by atoms with Gasteiger partial charge in [-0.2, -0.15) is 0 Å². The molecule has 1 aromatic rings. The maximum atomic E-state index is 5.99. The predicted octanol–water partition coefficient (Wildman–Crippen LogP) is 4.41. The van der Waals surface area contributed by atoms with Crippen molar-refractivity contribution in [2.24, 2.45) is 17.8 Å². The van der Waals surface area contributed by atoms with E-state index in [4.69, 9.17) is 9.47 Å². The molecule has 2 nitrogen and oxygen atoms in total. The zero-order valence-corrected chi connectivity index (χ0v) is 12.4. The molecule has 2 aliphatic rings. The number of fused-ring (bicyclic) bond motifs is 2. The van der Waals surface area contributed by atoms with Crippen molar-refractivity contribution in [3.8, 4) is 11.5 Å². The van der Waals surface area contributed by atoms with E-state index in [0.29, 0.717) is 17.8 Å². The second-order valence-electron chi connectivity index (χ2n) is 6.15. The van der Waals surface area contributed by atoms with Crippen LogP contribution in [-0.2, 0) is 0 Å². The van der Waals surface area contributed by atoms with Gasteiger partial charge in [0.25, 0.3) is 0 Å². The van der Waals surface area contributed by atoms with Crippen LogP contribution < -0.4 is 9.47 Å². The van der Waals surface area contributed by atoms with Crippen LogP contribution in [0.4, 0.5) is 0 Å². The number of rotatable bonds is 1. The zero-order valence-electron chi connectivity index (χ0n) is 12.4. The van der Waals surface area contributed by atoms with Crippen LogP contribution in [0.2, 0.25) is 0 Å². The van der Waals surface area contributed by atoms with Crippen LogP contribution in [0.5, 0.6) is 11.5 Å². The van der Waals surface area contributed by atoms with Crippen molar-refractivity contribution < 1.29 is 9.47 Å². The summed E-state index contributed by atoms with van der Waals surface area (Å²) in [5.74, 6) is 3.38. The molecule has 2 heterocycles. The number of hydrogen-bond donors (Lipinski definition) is 0. The normalized spacial score (nSPS) is 24.2. The molecule has 2 unspecified atom stereocenters. The summed E-state index contributed by atoms with van der Waals surface area (Å²) in [6, 6.07) is 4.21. The summed E-state index contributed by atoms with van der Waals surface area (Å²) >= 11 is 0. The molecule has 20 heavy (non-hydrogen) atoms. The van der Waals surface area contributed by atoms with E-state index in [1.807, 2.05) is 6.07 Å². The minimum absolute atomic E-state index is 0.448. The molecule has 0 saturated carbocycles. The third kappa shape index (κ3) is 2.60. The minimum Gasteiger partial charge on any atom is -0.492 e. The van der Waals surface area contributed by atoms with E-state index >= 15 is 0 Å². The number of ether oxygens (including phenoxy) is 2. The van der Waals surface area contributed by atoms with Crippen molar-refractivity contribution in [3.63, 3.8) is 0 Å². The van der Waals surface area contributed by atoms with Gasteiger partial charge in [-0.25, -0.2) is 0 Å². The van der Waals surface area contributed by atoms with Gasteiger partial charge in [0.1, 0.15) is 11.5 Å². The van der Waals surface area contributed by atoms with Gasteiger partial charge in [-0.05, 0) is 12.0 Å². The van der Waals surface area contributed by atoms with Crippen LogP contribution in [0.15, 0.2) is 24.3 Å². The Balaban J connectivity index is 1.96. The summed E-state index contributed by atoms with van der Waals surface area (Å²) in [5.41, 5.74) is 2.29.